The van der Waals surface area contributed by atoms with Gasteiger partial charge in [0.05, 0.1) is 29.0 Å². The maximum atomic E-state index is 15.1. The minimum atomic E-state index is -2.97. The number of ether oxygens (including phenoxy) is 8. The van der Waals surface area contributed by atoms with Gasteiger partial charge in [-0.05, 0) is 45.4 Å². The number of cyclic esters (lactones) is 1. The fourth-order valence-electron chi connectivity index (χ4n) is 9.04. The molecule has 20 nitrogen and oxygen atoms in total. The van der Waals surface area contributed by atoms with E-state index < -0.39 is 131 Å². The topological polar surface area (TPSA) is 277 Å². The van der Waals surface area contributed by atoms with Crippen molar-refractivity contribution in [1.82, 2.24) is 4.98 Å². The van der Waals surface area contributed by atoms with Gasteiger partial charge in [-0.1, -0.05) is 0 Å². The number of nitrogens with zero attached hydrogens (tertiary/aromatic N) is 1. The van der Waals surface area contributed by atoms with E-state index in [0.717, 1.165) is 47.8 Å². The molecule has 2 N–H and O–H groups in total. The molecule has 59 heavy (non-hydrogen) atoms. The Morgan fingerprint density at radius 2 is 1.58 bits per heavy atom. The monoisotopic (exact) mass is 829 g/mol. The molecule has 11 unspecified atom stereocenters. The molecule has 3 fully saturated rings. The quantitative estimate of drug-likeness (QED) is 0.284. The Morgan fingerprint density at radius 1 is 0.915 bits per heavy atom. The molecule has 0 amide bonds. The molecule has 318 valence electrons. The zero-order chi connectivity index (χ0) is 43.5. The Hall–Kier alpha value is -5.73. The predicted octanol–water partition coefficient (Wildman–Crippen LogP) is 0.502. The molecule has 20 heteroatoms. The van der Waals surface area contributed by atoms with Crippen molar-refractivity contribution in [2.45, 2.75) is 114 Å². The highest BCUT2D eigenvalue weighted by Crippen LogP contribution is 2.68. The van der Waals surface area contributed by atoms with Crippen molar-refractivity contribution in [2.75, 3.05) is 13.2 Å². The average molecular weight is 830 g/mol. The van der Waals surface area contributed by atoms with Crippen molar-refractivity contribution in [2.24, 2.45) is 11.3 Å². The van der Waals surface area contributed by atoms with Crippen LogP contribution in [0, 0.1) is 11.3 Å². The lowest BCUT2D eigenvalue weighted by molar-refractivity contribution is -0.377. The fourth-order valence-corrected chi connectivity index (χ4v) is 9.04. The van der Waals surface area contributed by atoms with E-state index in [4.69, 9.17) is 42.3 Å². The number of aliphatic hydroxyl groups is 2. The van der Waals surface area contributed by atoms with Gasteiger partial charge in [-0.2, -0.15) is 0 Å². The Labute approximate surface area is 335 Å². The number of rotatable bonds is 7. The maximum absolute atomic E-state index is 15.1. The second-order valence-corrected chi connectivity index (χ2v) is 15.6. The Kier molecular flexibility index (Phi) is 11.0. The molecule has 2 aromatic rings. The van der Waals surface area contributed by atoms with E-state index >= 15 is 4.79 Å². The van der Waals surface area contributed by atoms with E-state index in [0.29, 0.717) is 0 Å². The molecule has 0 radical (unpaired) electrons. The van der Waals surface area contributed by atoms with E-state index in [9.17, 15) is 43.8 Å². The van der Waals surface area contributed by atoms with Gasteiger partial charge in [0, 0.05) is 40.3 Å². The highest BCUT2D eigenvalue weighted by atomic mass is 16.7. The molecule has 0 aromatic carbocycles. The van der Waals surface area contributed by atoms with E-state index in [1.165, 1.54) is 37.6 Å². The summed E-state index contributed by atoms with van der Waals surface area (Å²) >= 11 is 0. The molecule has 11 atom stereocenters. The first-order valence-electron chi connectivity index (χ1n) is 18.4. The Bertz CT molecular complexity index is 2080. The molecular formula is C39H43NO19. The van der Waals surface area contributed by atoms with Crippen LogP contribution >= 0.6 is 0 Å². The summed E-state index contributed by atoms with van der Waals surface area (Å²) in [5.41, 5.74) is -13.3. The van der Waals surface area contributed by atoms with Crippen molar-refractivity contribution in [3.8, 4) is 0 Å². The van der Waals surface area contributed by atoms with Gasteiger partial charge in [0.2, 0.25) is 5.60 Å². The second kappa shape index (κ2) is 15.1. The highest BCUT2D eigenvalue weighted by Gasteiger charge is 2.91. The smallest absolute Gasteiger partial charge is 0.350 e. The molecule has 4 aliphatic rings. The van der Waals surface area contributed by atoms with Gasteiger partial charge in [0.25, 0.3) is 0 Å². The van der Waals surface area contributed by atoms with Crippen LogP contribution < -0.4 is 0 Å². The number of aromatic nitrogens is 1. The van der Waals surface area contributed by atoms with Crippen LogP contribution in [0.15, 0.2) is 41.3 Å². The predicted molar refractivity (Wildman–Crippen MR) is 188 cm³/mol. The van der Waals surface area contributed by atoms with Crippen molar-refractivity contribution >= 4 is 47.6 Å². The van der Waals surface area contributed by atoms with Gasteiger partial charge >= 0.3 is 41.8 Å². The summed E-state index contributed by atoms with van der Waals surface area (Å²) in [5.74, 6) is -10.8. The first-order chi connectivity index (χ1) is 27.6. The number of hydrogen-bond donors (Lipinski definition) is 2. The number of esters is 7. The summed E-state index contributed by atoms with van der Waals surface area (Å²) in [4.78, 5) is 113. The van der Waals surface area contributed by atoms with E-state index in [1.807, 2.05) is 0 Å². The van der Waals surface area contributed by atoms with E-state index in [2.05, 4.69) is 4.98 Å². The van der Waals surface area contributed by atoms with Crippen molar-refractivity contribution in [1.29, 1.82) is 0 Å². The van der Waals surface area contributed by atoms with Crippen LogP contribution in [0.1, 0.15) is 81.3 Å². The number of aryl methyl sites for hydroxylation is 1. The number of furan rings is 1. The minimum Gasteiger partial charge on any atom is -0.472 e. The number of ketones is 1. The Balaban J connectivity index is 1.68. The largest absolute Gasteiger partial charge is 0.472 e. The zero-order valence-corrected chi connectivity index (χ0v) is 33.0. The molecule has 1 saturated heterocycles. The van der Waals surface area contributed by atoms with Crippen LogP contribution in [0.5, 0.6) is 0 Å². The minimum absolute atomic E-state index is 0.0606. The van der Waals surface area contributed by atoms with Crippen molar-refractivity contribution < 1.29 is 90.9 Å². The van der Waals surface area contributed by atoms with Crippen LogP contribution in [-0.2, 0) is 73.1 Å². The number of pyridine rings is 1. The van der Waals surface area contributed by atoms with Gasteiger partial charge in [0.15, 0.2) is 23.6 Å². The van der Waals surface area contributed by atoms with Gasteiger partial charge in [-0.3, -0.25) is 29.0 Å². The highest BCUT2D eigenvalue weighted by molar-refractivity contribution is 5.95. The van der Waals surface area contributed by atoms with E-state index in [-0.39, 0.29) is 23.2 Å². The number of Topliss-reactive ketones (excluding diaryl/α,β-unsaturated/α-hetero) is 1. The molecule has 2 saturated carbocycles. The summed E-state index contributed by atoms with van der Waals surface area (Å²) in [6.07, 6.45) is -8.44. The Morgan fingerprint density at radius 3 is 2.19 bits per heavy atom. The SMILES string of the molecule is CC(=O)OCC12C(OC(C)=O)C(=O)C3C(OC(C)=O)C14OC3(C)COC(=O)c1cccnc1CCC(C)(OC(=O)c1ccoc1)C(=O)OC(C(O)C2OC(C)=O)C4(C)O. The zero-order valence-electron chi connectivity index (χ0n) is 33.0. The summed E-state index contributed by atoms with van der Waals surface area (Å²) in [7, 11) is 0. The first kappa shape index (κ1) is 42.9. The van der Waals surface area contributed by atoms with E-state index in [1.54, 1.807) is 0 Å². The molecular weight excluding hydrogens is 786 g/mol. The normalized spacial score (nSPS) is 36.4. The number of aliphatic hydroxyl groups excluding tert-OH is 1. The van der Waals surface area contributed by atoms with Crippen molar-refractivity contribution in [3.05, 3.63) is 53.7 Å². The second-order valence-electron chi connectivity index (χ2n) is 15.6. The molecule has 2 aliphatic heterocycles. The number of fused-ring (bicyclic) bond motifs is 5. The summed E-state index contributed by atoms with van der Waals surface area (Å²) in [6, 6.07) is 4.03. The molecule has 2 aliphatic carbocycles. The van der Waals surface area contributed by atoms with Gasteiger partial charge in [0.1, 0.15) is 54.4 Å². The molecule has 4 heterocycles. The van der Waals surface area contributed by atoms with Crippen LogP contribution in [0.4, 0.5) is 0 Å². The molecule has 2 aromatic heterocycles. The van der Waals surface area contributed by atoms with Gasteiger partial charge in [-0.15, -0.1) is 0 Å². The van der Waals surface area contributed by atoms with Gasteiger partial charge < -0.3 is 52.5 Å². The van der Waals surface area contributed by atoms with Gasteiger partial charge in [-0.25, -0.2) is 14.4 Å². The lowest BCUT2D eigenvalue weighted by atomic mass is 9.45. The summed E-state index contributed by atoms with van der Waals surface area (Å²) in [6.45, 7) is 5.13. The summed E-state index contributed by atoms with van der Waals surface area (Å²) in [5, 5.41) is 25.6. The standard InChI is InChI=1S/C39H43NO19/c1-18(41)52-17-38-30(55-20(3)43)26(45)25-28(54-19(2)42)39(38)37(7,50)29(27(46)31(38)56-21(4)44)57-34(49)35(5,58-32(47)22-11-14-51-15-22)12-10-24-23(9-8-13-40-24)33(48)53-16-36(25,6)59-39/h8-9,11,13-15,25,27-31,46,50H,10,12,16-17H2,1-7H3. The number of carbonyl (C=O) groups is 8. The van der Waals surface area contributed by atoms with Crippen molar-refractivity contribution in [3.63, 3.8) is 0 Å². The van der Waals surface area contributed by atoms with Crippen LogP contribution in [0.2, 0.25) is 0 Å². The van der Waals surface area contributed by atoms with Crippen LogP contribution in [0.3, 0.4) is 0 Å². The van der Waals surface area contributed by atoms with Crippen LogP contribution in [-0.4, -0.2) is 129 Å². The lowest BCUT2D eigenvalue weighted by Crippen LogP contribution is -2.88. The first-order valence-corrected chi connectivity index (χ1v) is 18.4. The van der Waals surface area contributed by atoms with Crippen LogP contribution in [0.25, 0.3) is 0 Å². The molecule has 1 spiro atoms. The maximum Gasteiger partial charge on any atom is 0.350 e. The molecule has 4 bridgehead atoms. The third kappa shape index (κ3) is 6.81. The number of carbonyl (C=O) groups excluding carboxylic acids is 8. The average Bonchev–Trinajstić information content (AvgIpc) is 3.77. The third-order valence-electron chi connectivity index (χ3n) is 11.5. The summed E-state index contributed by atoms with van der Waals surface area (Å²) < 4.78 is 51.9. The molecule has 6 rings (SSSR count). The lowest BCUT2D eigenvalue weighted by Gasteiger charge is -2.66. The third-order valence-corrected chi connectivity index (χ3v) is 11.5. The number of hydrogen-bond acceptors (Lipinski definition) is 20. The fraction of sp³-hybridized carbons (Fsp3) is 0.564.